The number of carbonyl (C=O) groups is 2. The van der Waals surface area contributed by atoms with Crippen molar-refractivity contribution in [1.29, 1.82) is 0 Å². The highest BCUT2D eigenvalue weighted by Gasteiger charge is 2.20. The van der Waals surface area contributed by atoms with Gasteiger partial charge in [-0.1, -0.05) is 60.7 Å². The summed E-state index contributed by atoms with van der Waals surface area (Å²) < 4.78 is 7.77. The topological polar surface area (TPSA) is 93.5 Å². The standard InChI is InChI=1S/C29H23N3O4/c33-28(34)18-25(20-9-3-1-4-10-20)32-19-30-24-16-15-21(17-26(24)32)31-29(35)23-13-7-8-14-27(23)36-22-11-5-2-6-12-22/h1-17,19,25H,18H2,(H,31,35)(H,33,34). The number of rotatable bonds is 8. The van der Waals surface area contributed by atoms with E-state index in [2.05, 4.69) is 10.3 Å². The fourth-order valence-corrected chi connectivity index (χ4v) is 4.13. The number of aliphatic carboxylic acids is 1. The molecule has 0 saturated carbocycles. The number of imidazole rings is 1. The first-order valence-corrected chi connectivity index (χ1v) is 11.4. The van der Waals surface area contributed by atoms with Crippen LogP contribution in [0.1, 0.15) is 28.4 Å². The van der Waals surface area contributed by atoms with Gasteiger partial charge in [-0.15, -0.1) is 0 Å². The molecule has 5 rings (SSSR count). The molecule has 0 aliphatic heterocycles. The molecule has 178 valence electrons. The van der Waals surface area contributed by atoms with Crippen LogP contribution in [0.3, 0.4) is 0 Å². The second-order valence-electron chi connectivity index (χ2n) is 8.25. The average molecular weight is 478 g/mol. The minimum absolute atomic E-state index is 0.101. The lowest BCUT2D eigenvalue weighted by Crippen LogP contribution is -2.15. The molecule has 0 bridgehead atoms. The molecule has 1 atom stereocenters. The van der Waals surface area contributed by atoms with Crippen molar-refractivity contribution in [1.82, 2.24) is 9.55 Å². The van der Waals surface area contributed by atoms with E-state index in [4.69, 9.17) is 4.74 Å². The van der Waals surface area contributed by atoms with Gasteiger partial charge in [-0.25, -0.2) is 4.98 Å². The molecule has 0 saturated heterocycles. The number of benzene rings is 4. The maximum atomic E-state index is 13.2. The van der Waals surface area contributed by atoms with Crippen molar-refractivity contribution in [2.75, 3.05) is 5.32 Å². The first-order valence-electron chi connectivity index (χ1n) is 11.4. The van der Waals surface area contributed by atoms with Crippen molar-refractivity contribution in [3.63, 3.8) is 0 Å². The second kappa shape index (κ2) is 10.1. The lowest BCUT2D eigenvalue weighted by atomic mass is 10.0. The van der Waals surface area contributed by atoms with E-state index in [0.717, 1.165) is 11.1 Å². The van der Waals surface area contributed by atoms with Gasteiger partial charge in [-0.05, 0) is 48.0 Å². The molecule has 0 aliphatic rings. The Morgan fingerprint density at radius 1 is 0.889 bits per heavy atom. The summed E-state index contributed by atoms with van der Waals surface area (Å²) in [7, 11) is 0. The summed E-state index contributed by atoms with van der Waals surface area (Å²) in [5.74, 6) is -0.159. The Morgan fingerprint density at radius 2 is 1.58 bits per heavy atom. The largest absolute Gasteiger partial charge is 0.481 e. The molecule has 4 aromatic carbocycles. The molecule has 7 nitrogen and oxygen atoms in total. The number of carbonyl (C=O) groups excluding carboxylic acids is 1. The van der Waals surface area contributed by atoms with Crippen molar-refractivity contribution < 1.29 is 19.4 Å². The summed E-state index contributed by atoms with van der Waals surface area (Å²) in [6.45, 7) is 0. The highest BCUT2D eigenvalue weighted by molar-refractivity contribution is 6.06. The van der Waals surface area contributed by atoms with Gasteiger partial charge in [0.25, 0.3) is 5.91 Å². The summed E-state index contributed by atoms with van der Waals surface area (Å²) in [4.78, 5) is 29.3. The van der Waals surface area contributed by atoms with Gasteiger partial charge in [0.05, 0.1) is 35.4 Å². The first-order chi connectivity index (χ1) is 17.6. The Kier molecular flexibility index (Phi) is 6.44. The third kappa shape index (κ3) is 4.95. The highest BCUT2D eigenvalue weighted by atomic mass is 16.5. The average Bonchev–Trinajstić information content (AvgIpc) is 3.31. The number of ether oxygens (including phenoxy) is 1. The van der Waals surface area contributed by atoms with Crippen LogP contribution in [-0.2, 0) is 4.79 Å². The molecular weight excluding hydrogens is 454 g/mol. The van der Waals surface area contributed by atoms with Gasteiger partial charge in [0.15, 0.2) is 0 Å². The normalized spacial score (nSPS) is 11.7. The van der Waals surface area contributed by atoms with Gasteiger partial charge in [-0.2, -0.15) is 0 Å². The zero-order chi connectivity index (χ0) is 24.9. The van der Waals surface area contributed by atoms with Gasteiger partial charge in [0, 0.05) is 5.69 Å². The van der Waals surface area contributed by atoms with Gasteiger partial charge in [-0.3, -0.25) is 9.59 Å². The number of carboxylic acids is 1. The summed E-state index contributed by atoms with van der Waals surface area (Å²) >= 11 is 0. The molecule has 1 heterocycles. The van der Waals surface area contributed by atoms with Crippen LogP contribution in [0.25, 0.3) is 11.0 Å². The minimum Gasteiger partial charge on any atom is -0.481 e. The van der Waals surface area contributed by atoms with Crippen LogP contribution in [-0.4, -0.2) is 26.5 Å². The van der Waals surface area contributed by atoms with E-state index in [9.17, 15) is 14.7 Å². The van der Waals surface area contributed by atoms with Crippen LogP contribution in [0.2, 0.25) is 0 Å². The molecule has 0 spiro atoms. The Labute approximate surface area is 207 Å². The Morgan fingerprint density at radius 3 is 2.33 bits per heavy atom. The molecule has 7 heteroatoms. The lowest BCUT2D eigenvalue weighted by Gasteiger charge is -2.18. The van der Waals surface area contributed by atoms with Gasteiger partial charge >= 0.3 is 5.97 Å². The van der Waals surface area contributed by atoms with Crippen LogP contribution in [0.4, 0.5) is 5.69 Å². The van der Waals surface area contributed by atoms with E-state index in [1.54, 1.807) is 42.7 Å². The number of para-hydroxylation sites is 2. The minimum atomic E-state index is -0.912. The summed E-state index contributed by atoms with van der Waals surface area (Å²) in [5.41, 5.74) is 3.23. The van der Waals surface area contributed by atoms with Crippen molar-refractivity contribution in [2.24, 2.45) is 0 Å². The van der Waals surface area contributed by atoms with Crippen LogP contribution >= 0.6 is 0 Å². The number of hydrogen-bond donors (Lipinski definition) is 2. The Balaban J connectivity index is 1.45. The Bertz CT molecular complexity index is 1510. The van der Waals surface area contributed by atoms with E-state index < -0.39 is 12.0 Å². The van der Waals surface area contributed by atoms with Crippen LogP contribution in [0.5, 0.6) is 11.5 Å². The third-order valence-electron chi connectivity index (χ3n) is 5.82. The predicted molar refractivity (Wildman–Crippen MR) is 137 cm³/mol. The molecule has 5 aromatic rings. The molecule has 1 unspecified atom stereocenters. The maximum Gasteiger partial charge on any atom is 0.305 e. The van der Waals surface area contributed by atoms with Gasteiger partial charge in [0.1, 0.15) is 11.5 Å². The molecule has 1 aromatic heterocycles. The number of carboxylic acid groups (broad SMARTS) is 1. The quantitative estimate of drug-likeness (QED) is 0.280. The lowest BCUT2D eigenvalue weighted by molar-refractivity contribution is -0.137. The summed E-state index contributed by atoms with van der Waals surface area (Å²) in [6.07, 6.45) is 1.54. The summed E-state index contributed by atoms with van der Waals surface area (Å²) in [6, 6.07) is 30.7. The number of fused-ring (bicyclic) bond motifs is 1. The molecular formula is C29H23N3O4. The van der Waals surface area contributed by atoms with E-state index in [1.165, 1.54) is 0 Å². The van der Waals surface area contributed by atoms with Crippen LogP contribution in [0.15, 0.2) is 109 Å². The number of anilines is 1. The van der Waals surface area contributed by atoms with Crippen LogP contribution in [0, 0.1) is 0 Å². The number of aromatic nitrogens is 2. The van der Waals surface area contributed by atoms with E-state index in [1.807, 2.05) is 71.3 Å². The highest BCUT2D eigenvalue weighted by Crippen LogP contribution is 2.29. The summed E-state index contributed by atoms with van der Waals surface area (Å²) in [5, 5.41) is 12.5. The van der Waals surface area contributed by atoms with E-state index in [0.29, 0.717) is 28.3 Å². The molecule has 0 radical (unpaired) electrons. The molecule has 0 aliphatic carbocycles. The van der Waals surface area contributed by atoms with Gasteiger partial charge in [0.2, 0.25) is 0 Å². The Hall–Kier alpha value is -4.91. The monoisotopic (exact) mass is 477 g/mol. The molecule has 36 heavy (non-hydrogen) atoms. The predicted octanol–water partition coefficient (Wildman–Crippen LogP) is 6.15. The molecule has 2 N–H and O–H groups in total. The number of nitrogens with zero attached hydrogens (tertiary/aromatic N) is 2. The van der Waals surface area contributed by atoms with Crippen molar-refractivity contribution in [3.05, 3.63) is 121 Å². The fraction of sp³-hybridized carbons (Fsp3) is 0.0690. The first kappa shape index (κ1) is 22.9. The van der Waals surface area contributed by atoms with Crippen molar-refractivity contribution >= 4 is 28.6 Å². The second-order valence-corrected chi connectivity index (χ2v) is 8.25. The number of nitrogens with one attached hydrogen (secondary N) is 1. The zero-order valence-corrected chi connectivity index (χ0v) is 19.2. The third-order valence-corrected chi connectivity index (χ3v) is 5.82. The molecule has 1 amide bonds. The van der Waals surface area contributed by atoms with E-state index in [-0.39, 0.29) is 12.3 Å². The fourth-order valence-electron chi connectivity index (χ4n) is 4.13. The SMILES string of the molecule is O=C(O)CC(c1ccccc1)n1cnc2ccc(NC(=O)c3ccccc3Oc3ccccc3)cc21. The zero-order valence-electron chi connectivity index (χ0n) is 19.2. The maximum absolute atomic E-state index is 13.2. The number of hydrogen-bond acceptors (Lipinski definition) is 4. The number of amides is 1. The smallest absolute Gasteiger partial charge is 0.305 e. The van der Waals surface area contributed by atoms with Gasteiger partial charge < -0.3 is 19.7 Å². The van der Waals surface area contributed by atoms with E-state index >= 15 is 0 Å². The van der Waals surface area contributed by atoms with Crippen molar-refractivity contribution in [2.45, 2.75) is 12.5 Å². The van der Waals surface area contributed by atoms with Crippen LogP contribution < -0.4 is 10.1 Å². The molecule has 0 fully saturated rings. The van der Waals surface area contributed by atoms with Crippen molar-refractivity contribution in [3.8, 4) is 11.5 Å².